The number of nitrogens with zero attached hydrogens (tertiary/aromatic N) is 2. The van der Waals surface area contributed by atoms with E-state index >= 15 is 0 Å². The molecule has 1 aromatic heterocycles. The lowest BCUT2D eigenvalue weighted by Gasteiger charge is -2.30. The van der Waals surface area contributed by atoms with Crippen LogP contribution in [0.2, 0.25) is 0 Å². The summed E-state index contributed by atoms with van der Waals surface area (Å²) in [5, 5.41) is 6.08. The molecule has 5 nitrogen and oxygen atoms in total. The van der Waals surface area contributed by atoms with Crippen LogP contribution in [0.15, 0.2) is 11.1 Å². The largest absolute Gasteiger partial charge is 0.343 e. The van der Waals surface area contributed by atoms with Gasteiger partial charge in [0.1, 0.15) is 6.33 Å². The molecule has 0 unspecified atom stereocenters. The predicted octanol–water partition coefficient (Wildman–Crippen LogP) is 0.0454. The van der Waals surface area contributed by atoms with Crippen molar-refractivity contribution in [3.8, 4) is 0 Å². The summed E-state index contributed by atoms with van der Waals surface area (Å²) >= 11 is 0. The number of nitrogens with two attached hydrogens (primary N) is 1. The molecule has 3 N–H and O–H groups in total. The zero-order chi connectivity index (χ0) is 9.90. The lowest BCUT2D eigenvalue weighted by molar-refractivity contribution is 0.263. The Hall–Kier alpha value is -1.10. The molecule has 1 aromatic rings. The van der Waals surface area contributed by atoms with Gasteiger partial charge in [-0.25, -0.2) is 9.89 Å². The molecular formula is C8H16N4O. The van der Waals surface area contributed by atoms with Crippen LogP contribution < -0.4 is 11.4 Å². The average Bonchev–Trinajstić information content (AvgIpc) is 2.57. The molecule has 0 saturated heterocycles. The third-order valence-corrected chi connectivity index (χ3v) is 2.76. The van der Waals surface area contributed by atoms with Gasteiger partial charge in [-0.3, -0.25) is 4.57 Å². The van der Waals surface area contributed by atoms with Crippen LogP contribution in [0.3, 0.4) is 0 Å². The Kier molecular flexibility index (Phi) is 2.87. The minimum Gasteiger partial charge on any atom is -0.328 e. The van der Waals surface area contributed by atoms with E-state index in [1.165, 1.54) is 6.33 Å². The van der Waals surface area contributed by atoms with E-state index in [0.29, 0.717) is 6.54 Å². The van der Waals surface area contributed by atoms with Crippen molar-refractivity contribution < 1.29 is 0 Å². The second-order valence-electron chi connectivity index (χ2n) is 3.17. The fourth-order valence-corrected chi connectivity index (χ4v) is 1.56. The van der Waals surface area contributed by atoms with Gasteiger partial charge in [0.05, 0.1) is 5.54 Å². The lowest BCUT2D eigenvalue weighted by Crippen LogP contribution is -2.44. The first-order chi connectivity index (χ1) is 6.20. The molecular weight excluding hydrogens is 168 g/mol. The van der Waals surface area contributed by atoms with Crippen molar-refractivity contribution in [2.75, 3.05) is 6.54 Å². The highest BCUT2D eigenvalue weighted by molar-refractivity contribution is 4.87. The van der Waals surface area contributed by atoms with E-state index < -0.39 is 0 Å². The van der Waals surface area contributed by atoms with Gasteiger partial charge < -0.3 is 5.73 Å². The maximum absolute atomic E-state index is 11.3. The Morgan fingerprint density at radius 3 is 2.54 bits per heavy atom. The van der Waals surface area contributed by atoms with E-state index in [0.717, 1.165) is 12.8 Å². The SMILES string of the molecule is CCC(CC)(CN)n1cn[nH]c1=O. The zero-order valence-corrected chi connectivity index (χ0v) is 8.08. The van der Waals surface area contributed by atoms with Crippen molar-refractivity contribution in [1.29, 1.82) is 0 Å². The minimum absolute atomic E-state index is 0.186. The smallest absolute Gasteiger partial charge is 0.328 e. The minimum atomic E-state index is -0.274. The summed E-state index contributed by atoms with van der Waals surface area (Å²) in [7, 11) is 0. The molecule has 0 bridgehead atoms. The first-order valence-electron chi connectivity index (χ1n) is 4.52. The average molecular weight is 184 g/mol. The molecule has 0 aliphatic carbocycles. The van der Waals surface area contributed by atoms with Crippen LogP contribution in [-0.2, 0) is 5.54 Å². The standard InChI is InChI=1S/C8H16N4O/c1-3-8(4-2,5-9)12-6-10-11-7(12)13/h6H,3-5,9H2,1-2H3,(H,11,13). The van der Waals surface area contributed by atoms with Gasteiger partial charge in [-0.2, -0.15) is 5.10 Å². The number of aromatic amines is 1. The van der Waals surface area contributed by atoms with Gasteiger partial charge in [0.25, 0.3) is 0 Å². The monoisotopic (exact) mass is 184 g/mol. The van der Waals surface area contributed by atoms with Crippen LogP contribution in [0.25, 0.3) is 0 Å². The number of aromatic nitrogens is 3. The van der Waals surface area contributed by atoms with E-state index in [2.05, 4.69) is 10.2 Å². The third kappa shape index (κ3) is 1.51. The van der Waals surface area contributed by atoms with Crippen molar-refractivity contribution in [2.45, 2.75) is 32.2 Å². The van der Waals surface area contributed by atoms with Crippen molar-refractivity contribution >= 4 is 0 Å². The molecule has 0 amide bonds. The van der Waals surface area contributed by atoms with Crippen LogP contribution in [0.5, 0.6) is 0 Å². The van der Waals surface area contributed by atoms with E-state index in [1.54, 1.807) is 4.57 Å². The third-order valence-electron chi connectivity index (χ3n) is 2.76. The van der Waals surface area contributed by atoms with Crippen molar-refractivity contribution in [3.63, 3.8) is 0 Å². The number of rotatable bonds is 4. The van der Waals surface area contributed by atoms with Gasteiger partial charge in [0.2, 0.25) is 0 Å². The van der Waals surface area contributed by atoms with Gasteiger partial charge in [0.15, 0.2) is 0 Å². The number of nitrogens with one attached hydrogen (secondary N) is 1. The van der Waals surface area contributed by atoms with Gasteiger partial charge in [-0.1, -0.05) is 13.8 Å². The molecule has 0 radical (unpaired) electrons. The summed E-state index contributed by atoms with van der Waals surface area (Å²) in [6.07, 6.45) is 3.18. The summed E-state index contributed by atoms with van der Waals surface area (Å²) in [6, 6.07) is 0. The van der Waals surface area contributed by atoms with E-state index in [4.69, 9.17) is 5.73 Å². The van der Waals surface area contributed by atoms with Gasteiger partial charge in [-0.15, -0.1) is 0 Å². The molecule has 1 heterocycles. The van der Waals surface area contributed by atoms with Crippen LogP contribution in [0.4, 0.5) is 0 Å². The Morgan fingerprint density at radius 1 is 1.62 bits per heavy atom. The Morgan fingerprint density at radius 2 is 2.23 bits per heavy atom. The summed E-state index contributed by atoms with van der Waals surface area (Å²) in [4.78, 5) is 11.3. The van der Waals surface area contributed by atoms with Crippen LogP contribution >= 0.6 is 0 Å². The molecule has 13 heavy (non-hydrogen) atoms. The Labute approximate surface area is 76.9 Å². The van der Waals surface area contributed by atoms with E-state index in [-0.39, 0.29) is 11.2 Å². The van der Waals surface area contributed by atoms with Crippen LogP contribution in [0.1, 0.15) is 26.7 Å². The Balaban J connectivity index is 3.15. The van der Waals surface area contributed by atoms with Gasteiger partial charge >= 0.3 is 5.69 Å². The predicted molar refractivity (Wildman–Crippen MR) is 50.5 cm³/mol. The fourth-order valence-electron chi connectivity index (χ4n) is 1.56. The topological polar surface area (TPSA) is 76.7 Å². The number of H-pyrrole nitrogens is 1. The molecule has 0 aliphatic rings. The van der Waals surface area contributed by atoms with Crippen molar-refractivity contribution in [2.24, 2.45) is 5.73 Å². The van der Waals surface area contributed by atoms with Crippen molar-refractivity contribution in [3.05, 3.63) is 16.8 Å². The lowest BCUT2D eigenvalue weighted by atomic mass is 9.93. The second kappa shape index (κ2) is 3.74. The fraction of sp³-hybridized carbons (Fsp3) is 0.750. The van der Waals surface area contributed by atoms with E-state index in [9.17, 15) is 4.79 Å². The first-order valence-corrected chi connectivity index (χ1v) is 4.52. The summed E-state index contributed by atoms with van der Waals surface area (Å²) in [5.41, 5.74) is 5.23. The summed E-state index contributed by atoms with van der Waals surface area (Å²) in [5.74, 6) is 0. The molecule has 74 valence electrons. The number of hydrogen-bond acceptors (Lipinski definition) is 3. The maximum atomic E-state index is 11.3. The molecule has 0 aliphatic heterocycles. The Bertz CT molecular complexity index is 302. The zero-order valence-electron chi connectivity index (χ0n) is 8.08. The highest BCUT2D eigenvalue weighted by Gasteiger charge is 2.28. The highest BCUT2D eigenvalue weighted by atomic mass is 16.1. The van der Waals surface area contributed by atoms with Crippen LogP contribution in [0, 0.1) is 0 Å². The molecule has 5 heteroatoms. The second-order valence-corrected chi connectivity index (χ2v) is 3.17. The molecule has 0 fully saturated rings. The summed E-state index contributed by atoms with van der Waals surface area (Å²) in [6.45, 7) is 4.50. The molecule has 1 rings (SSSR count). The van der Waals surface area contributed by atoms with Gasteiger partial charge in [-0.05, 0) is 12.8 Å². The van der Waals surface area contributed by atoms with E-state index in [1.807, 2.05) is 13.8 Å². The van der Waals surface area contributed by atoms with Crippen molar-refractivity contribution in [1.82, 2.24) is 14.8 Å². The highest BCUT2D eigenvalue weighted by Crippen LogP contribution is 2.20. The number of hydrogen-bond donors (Lipinski definition) is 2. The maximum Gasteiger partial charge on any atom is 0.343 e. The van der Waals surface area contributed by atoms with Crippen LogP contribution in [-0.4, -0.2) is 21.3 Å². The molecule has 0 atom stereocenters. The summed E-state index contributed by atoms with van der Waals surface area (Å²) < 4.78 is 1.59. The molecule has 0 aromatic carbocycles. The quantitative estimate of drug-likeness (QED) is 0.694. The normalized spacial score (nSPS) is 11.9. The molecule has 0 spiro atoms. The first kappa shape index (κ1) is 9.98. The van der Waals surface area contributed by atoms with Gasteiger partial charge in [0, 0.05) is 6.54 Å². The molecule has 0 saturated carbocycles.